The molecule has 0 radical (unpaired) electrons. The molecule has 5 aliphatic rings. The number of fused-ring (bicyclic) bond motifs is 6. The van der Waals surface area contributed by atoms with E-state index in [0.717, 1.165) is 40.7 Å². The number of hydrogen-bond acceptors (Lipinski definition) is 1. The van der Waals surface area contributed by atoms with Crippen molar-refractivity contribution in [2.45, 2.75) is 37.5 Å². The molecular formula is C60H47N. The average molecular weight is 782 g/mol. The predicted octanol–water partition coefficient (Wildman–Crippen LogP) is 16.2. The van der Waals surface area contributed by atoms with Gasteiger partial charge in [-0.2, -0.15) is 0 Å². The van der Waals surface area contributed by atoms with Gasteiger partial charge >= 0.3 is 0 Å². The van der Waals surface area contributed by atoms with Crippen molar-refractivity contribution in [1.82, 2.24) is 0 Å². The van der Waals surface area contributed by atoms with Crippen molar-refractivity contribution in [3.05, 3.63) is 211 Å². The van der Waals surface area contributed by atoms with Gasteiger partial charge in [0, 0.05) is 22.5 Å². The van der Waals surface area contributed by atoms with Crippen LogP contribution in [0.5, 0.6) is 0 Å². The Morgan fingerprint density at radius 3 is 1.56 bits per heavy atom. The third-order valence-electron chi connectivity index (χ3n) is 15.5. The fourth-order valence-corrected chi connectivity index (χ4v) is 13.1. The summed E-state index contributed by atoms with van der Waals surface area (Å²) in [5.74, 6) is 3.40. The minimum Gasteiger partial charge on any atom is -0.310 e. The Hall–Kier alpha value is -6.70. The highest BCUT2D eigenvalue weighted by molar-refractivity contribution is 6.08. The highest BCUT2D eigenvalue weighted by atomic mass is 15.1. The van der Waals surface area contributed by atoms with Crippen LogP contribution < -0.4 is 4.90 Å². The van der Waals surface area contributed by atoms with Crippen LogP contribution in [0, 0.1) is 23.7 Å². The maximum Gasteiger partial charge on any atom is 0.0468 e. The fraction of sp³-hybridized carbons (Fsp3) is 0.167. The van der Waals surface area contributed by atoms with Crippen LogP contribution in [0.4, 0.5) is 17.1 Å². The Morgan fingerprint density at radius 1 is 0.344 bits per heavy atom. The molecule has 4 bridgehead atoms. The molecule has 0 saturated heterocycles. The molecule has 0 aromatic heterocycles. The summed E-state index contributed by atoms with van der Waals surface area (Å²) in [6.45, 7) is 0. The molecule has 1 spiro atoms. The summed E-state index contributed by atoms with van der Waals surface area (Å²) in [6.07, 6.45) is 7.10. The first-order valence-corrected chi connectivity index (χ1v) is 22.5. The van der Waals surface area contributed by atoms with Crippen molar-refractivity contribution in [1.29, 1.82) is 0 Å². The minimum absolute atomic E-state index is 0.170. The molecule has 14 rings (SSSR count). The molecule has 9 aromatic carbocycles. The van der Waals surface area contributed by atoms with Crippen molar-refractivity contribution in [2.24, 2.45) is 23.7 Å². The second kappa shape index (κ2) is 13.7. The summed E-state index contributed by atoms with van der Waals surface area (Å²) in [5.41, 5.74) is 17.4. The Labute approximate surface area is 359 Å². The van der Waals surface area contributed by atoms with Crippen molar-refractivity contribution < 1.29 is 0 Å². The molecular weight excluding hydrogens is 735 g/mol. The second-order valence-electron chi connectivity index (χ2n) is 18.5. The number of anilines is 3. The summed E-state index contributed by atoms with van der Waals surface area (Å²) >= 11 is 0. The third-order valence-corrected chi connectivity index (χ3v) is 15.5. The molecule has 4 saturated carbocycles. The van der Waals surface area contributed by atoms with Gasteiger partial charge in [0.05, 0.1) is 0 Å². The Morgan fingerprint density at radius 2 is 0.852 bits per heavy atom. The number of benzene rings is 9. The molecule has 1 nitrogen and oxygen atoms in total. The maximum atomic E-state index is 2.52. The first-order chi connectivity index (χ1) is 30.2. The van der Waals surface area contributed by atoms with Crippen LogP contribution in [0.15, 0.2) is 200 Å². The topological polar surface area (TPSA) is 3.24 Å². The third kappa shape index (κ3) is 5.39. The van der Waals surface area contributed by atoms with Gasteiger partial charge in [0.1, 0.15) is 0 Å². The average Bonchev–Trinajstić information content (AvgIpc) is 3.62. The van der Waals surface area contributed by atoms with E-state index < -0.39 is 0 Å². The van der Waals surface area contributed by atoms with E-state index in [-0.39, 0.29) is 5.41 Å². The lowest BCUT2D eigenvalue weighted by Crippen LogP contribution is -2.55. The maximum absolute atomic E-state index is 2.52. The summed E-state index contributed by atoms with van der Waals surface area (Å²) in [7, 11) is 0. The molecule has 4 fully saturated rings. The first-order valence-electron chi connectivity index (χ1n) is 22.5. The monoisotopic (exact) mass is 781 g/mol. The molecule has 0 atom stereocenters. The van der Waals surface area contributed by atoms with Crippen LogP contribution in [0.3, 0.4) is 0 Å². The summed E-state index contributed by atoms with van der Waals surface area (Å²) < 4.78 is 0. The fourth-order valence-electron chi connectivity index (χ4n) is 13.1. The Bertz CT molecular complexity index is 3090. The highest BCUT2D eigenvalue weighted by Crippen LogP contribution is 2.70. The smallest absolute Gasteiger partial charge is 0.0468 e. The lowest BCUT2D eigenvalue weighted by molar-refractivity contribution is -0.0399. The summed E-state index contributed by atoms with van der Waals surface area (Å²) in [5, 5.41) is 5.08. The van der Waals surface area contributed by atoms with Crippen LogP contribution in [0.2, 0.25) is 0 Å². The van der Waals surface area contributed by atoms with Crippen molar-refractivity contribution in [3.63, 3.8) is 0 Å². The molecule has 0 unspecified atom stereocenters. The van der Waals surface area contributed by atoms with Gasteiger partial charge in [-0.1, -0.05) is 164 Å². The normalized spacial score (nSPS) is 21.8. The molecule has 0 N–H and O–H groups in total. The molecule has 9 aromatic rings. The lowest BCUT2D eigenvalue weighted by Gasteiger charge is -2.61. The zero-order chi connectivity index (χ0) is 40.1. The zero-order valence-corrected chi connectivity index (χ0v) is 34.3. The van der Waals surface area contributed by atoms with E-state index in [1.807, 2.05) is 0 Å². The molecule has 0 aliphatic heterocycles. The van der Waals surface area contributed by atoms with Gasteiger partial charge in [-0.3, -0.25) is 0 Å². The first kappa shape index (κ1) is 35.1. The van der Waals surface area contributed by atoms with Crippen molar-refractivity contribution in [3.8, 4) is 44.5 Å². The molecule has 61 heavy (non-hydrogen) atoms. The summed E-state index contributed by atoms with van der Waals surface area (Å²) in [4.78, 5) is 2.43. The Kier molecular flexibility index (Phi) is 7.86. The van der Waals surface area contributed by atoms with Crippen LogP contribution >= 0.6 is 0 Å². The van der Waals surface area contributed by atoms with E-state index in [2.05, 4.69) is 205 Å². The summed E-state index contributed by atoms with van der Waals surface area (Å²) in [6, 6.07) is 75.1. The lowest BCUT2D eigenvalue weighted by atomic mass is 9.43. The number of nitrogens with zero attached hydrogens (tertiary/aromatic N) is 1. The van der Waals surface area contributed by atoms with Gasteiger partial charge in [0.15, 0.2) is 0 Å². The van der Waals surface area contributed by atoms with Crippen LogP contribution in [0.1, 0.15) is 43.2 Å². The number of hydrogen-bond donors (Lipinski definition) is 0. The molecule has 1 heteroatoms. The van der Waals surface area contributed by atoms with Crippen LogP contribution in [-0.2, 0) is 5.41 Å². The van der Waals surface area contributed by atoms with Crippen molar-refractivity contribution in [2.75, 3.05) is 4.90 Å². The molecule has 0 heterocycles. The van der Waals surface area contributed by atoms with E-state index in [1.165, 1.54) is 98.2 Å². The predicted molar refractivity (Wildman–Crippen MR) is 256 cm³/mol. The molecule has 0 amide bonds. The van der Waals surface area contributed by atoms with E-state index in [4.69, 9.17) is 0 Å². The molecule has 5 aliphatic carbocycles. The molecule has 292 valence electrons. The van der Waals surface area contributed by atoms with Gasteiger partial charge in [-0.05, 0) is 169 Å². The van der Waals surface area contributed by atoms with E-state index in [0.29, 0.717) is 0 Å². The Balaban J connectivity index is 0.900. The minimum atomic E-state index is 0.170. The quantitative estimate of drug-likeness (QED) is 0.152. The standard InChI is InChI=1S/C60H47N/c1-2-9-41(10-3-1)42-17-19-43(20-18-42)44-23-27-50(28-24-44)61(52-31-32-54-47(38-52)22-21-45-11-4-5-12-53(45)54)51-29-25-46(26-30-51)55-14-8-16-58-59(55)56-13-6-7-15-57(56)60(58)48-34-39-33-40(36-48)37-49(60)35-39/h1-32,38-40,48-49H,33-37H2. The van der Waals surface area contributed by atoms with Gasteiger partial charge in [-0.25, -0.2) is 0 Å². The van der Waals surface area contributed by atoms with E-state index in [9.17, 15) is 0 Å². The largest absolute Gasteiger partial charge is 0.310 e. The van der Waals surface area contributed by atoms with E-state index in [1.54, 1.807) is 11.1 Å². The second-order valence-corrected chi connectivity index (χ2v) is 18.5. The van der Waals surface area contributed by atoms with Crippen LogP contribution in [0.25, 0.3) is 66.1 Å². The van der Waals surface area contributed by atoms with Gasteiger partial charge in [-0.15, -0.1) is 0 Å². The van der Waals surface area contributed by atoms with Gasteiger partial charge in [0.2, 0.25) is 0 Å². The highest BCUT2D eigenvalue weighted by Gasteiger charge is 2.61. The SMILES string of the molecule is c1ccc(-c2ccc(-c3ccc(N(c4ccc(-c5cccc6c5-c5ccccc5C65C6CC7CC(C6)CC5C7)cc4)c4ccc5c(ccc6ccccc65)c4)cc3)cc2)cc1. The van der Waals surface area contributed by atoms with Crippen LogP contribution in [-0.4, -0.2) is 0 Å². The van der Waals surface area contributed by atoms with Gasteiger partial charge in [0.25, 0.3) is 0 Å². The zero-order valence-electron chi connectivity index (χ0n) is 34.3. The van der Waals surface area contributed by atoms with Gasteiger partial charge < -0.3 is 4.90 Å². The van der Waals surface area contributed by atoms with E-state index >= 15 is 0 Å². The van der Waals surface area contributed by atoms with Crippen molar-refractivity contribution >= 4 is 38.6 Å². The number of rotatable bonds is 6.